The number of carbonyl (C=O) groups excluding carboxylic acids is 1. The molecule has 0 amide bonds. The fourth-order valence-corrected chi connectivity index (χ4v) is 9.90. The lowest BCUT2D eigenvalue weighted by molar-refractivity contribution is -0.153. The van der Waals surface area contributed by atoms with E-state index in [9.17, 15) is 9.90 Å². The van der Waals surface area contributed by atoms with Crippen LogP contribution in [0.3, 0.4) is 0 Å². The molecule has 4 aliphatic rings. The van der Waals surface area contributed by atoms with E-state index < -0.39 is 11.6 Å². The van der Waals surface area contributed by atoms with E-state index in [1.807, 2.05) is 13.8 Å². The Bertz CT molecular complexity index is 970. The lowest BCUT2D eigenvalue weighted by Gasteiger charge is -2.55. The Morgan fingerprint density at radius 3 is 2.56 bits per heavy atom. The lowest BCUT2D eigenvalue weighted by atomic mass is 9.49. The number of aliphatic hydroxyl groups is 1. The van der Waals surface area contributed by atoms with Crippen LogP contribution in [0.5, 0.6) is 0 Å². The number of guanidine groups is 1. The van der Waals surface area contributed by atoms with E-state index >= 15 is 0 Å². The van der Waals surface area contributed by atoms with Gasteiger partial charge in [-0.3, -0.25) is 9.79 Å². The van der Waals surface area contributed by atoms with Gasteiger partial charge in [0.25, 0.3) is 0 Å². The molecule has 0 bridgehead atoms. The molecule has 0 heterocycles. The molecule has 9 atom stereocenters. The fourth-order valence-electron chi connectivity index (χ4n) is 9.90. The number of nitrogens with two attached hydrogens (primary N) is 3. The number of allylic oxidation sites excluding steroid dienone is 1. The van der Waals surface area contributed by atoms with Gasteiger partial charge >= 0.3 is 5.97 Å². The van der Waals surface area contributed by atoms with Crippen LogP contribution in [0.25, 0.3) is 0 Å². The quantitative estimate of drug-likeness (QED) is 0.0809. The zero-order valence-electron chi connectivity index (χ0n) is 26.7. The van der Waals surface area contributed by atoms with E-state index in [-0.39, 0.29) is 23.4 Å². The van der Waals surface area contributed by atoms with Crippen LogP contribution in [0.4, 0.5) is 0 Å². The maximum atomic E-state index is 12.8. The van der Waals surface area contributed by atoms with E-state index in [0.29, 0.717) is 24.8 Å². The molecule has 41 heavy (non-hydrogen) atoms. The molecule has 0 aromatic carbocycles. The molecule has 0 aromatic heterocycles. The van der Waals surface area contributed by atoms with Crippen LogP contribution in [0.1, 0.15) is 125 Å². The lowest BCUT2D eigenvalue weighted by Crippen LogP contribution is -2.49. The summed E-state index contributed by atoms with van der Waals surface area (Å²) in [5, 5.41) is 10.2. The fraction of sp³-hybridized carbons (Fsp3) is 0.882. The number of rotatable bonds is 11. The second kappa shape index (κ2) is 13.0. The van der Waals surface area contributed by atoms with E-state index in [0.717, 1.165) is 68.1 Å². The van der Waals surface area contributed by atoms with E-state index in [2.05, 4.69) is 31.8 Å². The molecule has 7 heteroatoms. The summed E-state index contributed by atoms with van der Waals surface area (Å²) in [6, 6.07) is -0.631. The van der Waals surface area contributed by atoms with Crippen molar-refractivity contribution < 1.29 is 14.6 Å². The Labute approximate surface area is 249 Å². The van der Waals surface area contributed by atoms with Gasteiger partial charge < -0.3 is 27.0 Å². The summed E-state index contributed by atoms with van der Waals surface area (Å²) in [5.41, 5.74) is 18.5. The van der Waals surface area contributed by atoms with Crippen LogP contribution in [0.2, 0.25) is 0 Å². The van der Waals surface area contributed by atoms with E-state index in [1.165, 1.54) is 44.1 Å². The van der Waals surface area contributed by atoms with Crippen LogP contribution in [-0.4, -0.2) is 41.3 Å². The van der Waals surface area contributed by atoms with Crippen molar-refractivity contribution in [3.05, 3.63) is 11.6 Å². The van der Waals surface area contributed by atoms with Crippen molar-refractivity contribution in [2.45, 2.75) is 142 Å². The van der Waals surface area contributed by atoms with Gasteiger partial charge in [-0.15, -0.1) is 0 Å². The summed E-state index contributed by atoms with van der Waals surface area (Å²) < 4.78 is 5.98. The predicted octanol–water partition coefficient (Wildman–Crippen LogP) is 5.83. The maximum absolute atomic E-state index is 12.8. The number of carbonyl (C=O) groups is 1. The predicted molar refractivity (Wildman–Crippen MR) is 167 cm³/mol. The number of ether oxygens (including phenoxy) is 1. The van der Waals surface area contributed by atoms with Crippen LogP contribution < -0.4 is 17.2 Å². The number of fused-ring (bicyclic) bond motifs is 5. The number of aliphatic imine (C=N–C) groups is 1. The standard InChI is InChI=1S/C34H60N4O3/c1-22(9-7-17-32(2,3)40)26-13-14-27-25-11-6-10-23-21-24(41-30(39)29(35)12-8-20-38-31(36)37)15-18-33(23,4)28(25)16-19-34(26,27)5/h10,22,24-29,40H,6-9,11-21,35H2,1-5H3,(H4,36,37,38)/t22-,24+,25-,26-,27+,28+,29+,33+,34-/m1/s1. The molecule has 0 radical (unpaired) electrons. The topological polar surface area (TPSA) is 137 Å². The zero-order valence-corrected chi connectivity index (χ0v) is 26.7. The van der Waals surface area contributed by atoms with Gasteiger partial charge in [-0.2, -0.15) is 0 Å². The monoisotopic (exact) mass is 572 g/mol. The van der Waals surface area contributed by atoms with Crippen LogP contribution in [0.15, 0.2) is 16.6 Å². The largest absolute Gasteiger partial charge is 0.461 e. The van der Waals surface area contributed by atoms with Crippen molar-refractivity contribution in [3.63, 3.8) is 0 Å². The first-order chi connectivity index (χ1) is 19.2. The molecule has 4 rings (SSSR count). The smallest absolute Gasteiger partial charge is 0.323 e. The van der Waals surface area contributed by atoms with Gasteiger partial charge in [0.2, 0.25) is 0 Å². The van der Waals surface area contributed by atoms with Gasteiger partial charge in [0, 0.05) is 13.0 Å². The molecule has 0 aliphatic heterocycles. The minimum Gasteiger partial charge on any atom is -0.461 e. The molecule has 3 saturated carbocycles. The van der Waals surface area contributed by atoms with E-state index in [1.54, 1.807) is 0 Å². The SMILES string of the molecule is C[C@H](CCCC(C)(C)O)[C@H]1CC[C@H]2[C@H]3CCC=C4C[C@@H](OC(=O)[C@@H](N)CCCN=C(N)N)CC[C@]4(C)[C@H]3CC[C@]12C. The summed E-state index contributed by atoms with van der Waals surface area (Å²) in [4.78, 5) is 16.7. The number of nitrogens with zero attached hydrogens (tertiary/aromatic N) is 1. The number of hydrogen-bond acceptors (Lipinski definition) is 5. The van der Waals surface area contributed by atoms with E-state index in [4.69, 9.17) is 21.9 Å². The highest BCUT2D eigenvalue weighted by Crippen LogP contribution is 2.66. The molecule has 7 nitrogen and oxygen atoms in total. The molecule has 0 unspecified atom stereocenters. The van der Waals surface area contributed by atoms with Crippen molar-refractivity contribution in [2.75, 3.05) is 6.54 Å². The Balaban J connectivity index is 1.35. The first kappa shape index (κ1) is 32.3. The molecule has 234 valence electrons. The van der Waals surface area contributed by atoms with Gasteiger partial charge in [-0.1, -0.05) is 45.3 Å². The Morgan fingerprint density at radius 2 is 1.85 bits per heavy atom. The van der Waals surface area contributed by atoms with Crippen molar-refractivity contribution in [1.82, 2.24) is 0 Å². The minimum atomic E-state index is -0.631. The van der Waals surface area contributed by atoms with Crippen molar-refractivity contribution in [2.24, 2.45) is 62.6 Å². The molecule has 0 spiro atoms. The third kappa shape index (κ3) is 7.31. The molecule has 0 aromatic rings. The van der Waals surface area contributed by atoms with Gasteiger partial charge in [-0.25, -0.2) is 0 Å². The van der Waals surface area contributed by atoms with Gasteiger partial charge in [0.1, 0.15) is 12.1 Å². The molecule has 3 fully saturated rings. The van der Waals surface area contributed by atoms with Crippen molar-refractivity contribution >= 4 is 11.9 Å². The molecule has 7 N–H and O–H groups in total. The average Bonchev–Trinajstić information content (AvgIpc) is 3.17. The highest BCUT2D eigenvalue weighted by atomic mass is 16.5. The Kier molecular flexibility index (Phi) is 10.2. The van der Waals surface area contributed by atoms with Crippen LogP contribution in [0, 0.1) is 40.4 Å². The third-order valence-corrected chi connectivity index (χ3v) is 12.1. The maximum Gasteiger partial charge on any atom is 0.323 e. The molecule has 0 saturated heterocycles. The second-order valence-corrected chi connectivity index (χ2v) is 15.4. The van der Waals surface area contributed by atoms with Crippen molar-refractivity contribution in [1.29, 1.82) is 0 Å². The van der Waals surface area contributed by atoms with Crippen molar-refractivity contribution in [3.8, 4) is 0 Å². The first-order valence-corrected chi connectivity index (χ1v) is 16.7. The van der Waals surface area contributed by atoms with Gasteiger partial charge in [0.05, 0.1) is 5.60 Å². The summed E-state index contributed by atoms with van der Waals surface area (Å²) in [6.07, 6.45) is 17.6. The van der Waals surface area contributed by atoms with Crippen LogP contribution >= 0.6 is 0 Å². The summed E-state index contributed by atoms with van der Waals surface area (Å²) in [6.45, 7) is 12.0. The summed E-state index contributed by atoms with van der Waals surface area (Å²) >= 11 is 0. The summed E-state index contributed by atoms with van der Waals surface area (Å²) in [5.74, 6) is 3.64. The number of hydrogen-bond donors (Lipinski definition) is 4. The average molecular weight is 573 g/mol. The minimum absolute atomic E-state index is 0.0636. The Hall–Kier alpha value is -1.60. The first-order valence-electron chi connectivity index (χ1n) is 16.7. The normalized spacial score (nSPS) is 36.6. The molecular weight excluding hydrogens is 512 g/mol. The number of esters is 1. The zero-order chi connectivity index (χ0) is 30.0. The van der Waals surface area contributed by atoms with Gasteiger partial charge in [0.15, 0.2) is 5.96 Å². The second-order valence-electron chi connectivity index (χ2n) is 15.4. The van der Waals surface area contributed by atoms with Gasteiger partial charge in [-0.05, 0) is 125 Å². The summed E-state index contributed by atoms with van der Waals surface area (Å²) in [7, 11) is 0. The third-order valence-electron chi connectivity index (χ3n) is 12.1. The Morgan fingerprint density at radius 1 is 1.10 bits per heavy atom. The van der Waals surface area contributed by atoms with Crippen LogP contribution in [-0.2, 0) is 9.53 Å². The molecule has 4 aliphatic carbocycles. The molecular formula is C34H60N4O3. The highest BCUT2D eigenvalue weighted by Gasteiger charge is 2.58. The highest BCUT2D eigenvalue weighted by molar-refractivity contribution is 5.76.